The van der Waals surface area contributed by atoms with E-state index in [-0.39, 0.29) is 4.90 Å². The maximum atomic E-state index is 12.0. The molecular weight excluding hydrogens is 298 g/mol. The van der Waals surface area contributed by atoms with Gasteiger partial charge in [-0.05, 0) is 30.9 Å². The van der Waals surface area contributed by atoms with Gasteiger partial charge in [0.15, 0.2) is 15.7 Å². The minimum Gasteiger partial charge on any atom is -0.351 e. The van der Waals surface area contributed by atoms with Crippen molar-refractivity contribution in [3.05, 3.63) is 47.4 Å². The lowest BCUT2D eigenvalue weighted by Crippen LogP contribution is -2.26. The summed E-state index contributed by atoms with van der Waals surface area (Å²) in [5.41, 5.74) is 2.56. The molecule has 0 N–H and O–H groups in total. The molecule has 22 heavy (non-hydrogen) atoms. The predicted octanol–water partition coefficient (Wildman–Crippen LogP) is 2.14. The average molecular weight is 317 g/mol. The van der Waals surface area contributed by atoms with E-state index in [0.29, 0.717) is 18.2 Å². The zero-order valence-corrected chi connectivity index (χ0v) is 13.6. The van der Waals surface area contributed by atoms with Crippen molar-refractivity contribution in [3.8, 4) is 0 Å². The molecule has 1 aromatic heterocycles. The molecule has 0 amide bonds. The van der Waals surface area contributed by atoms with Crippen LogP contribution in [0.5, 0.6) is 0 Å². The summed E-state index contributed by atoms with van der Waals surface area (Å²) in [6.07, 6.45) is 4.61. The summed E-state index contributed by atoms with van der Waals surface area (Å²) in [5, 5.41) is 0. The summed E-state index contributed by atoms with van der Waals surface area (Å²) in [5.74, 6) is 1.10. The molecule has 0 bridgehead atoms. The third-order valence-electron chi connectivity index (χ3n) is 3.91. The third-order valence-corrected chi connectivity index (χ3v) is 5.00. The van der Waals surface area contributed by atoms with Gasteiger partial charge in [-0.3, -0.25) is 0 Å². The van der Waals surface area contributed by atoms with Gasteiger partial charge in [-0.2, -0.15) is 0 Å². The Morgan fingerprint density at radius 2 is 1.91 bits per heavy atom. The fraction of sp³-hybridized carbons (Fsp3) is 0.375. The van der Waals surface area contributed by atoms with Gasteiger partial charge in [0, 0.05) is 19.3 Å². The topological polar surface area (TPSA) is 63.2 Å². The van der Waals surface area contributed by atoms with E-state index >= 15 is 0 Å². The van der Waals surface area contributed by atoms with Gasteiger partial charge in [0.25, 0.3) is 0 Å². The van der Waals surface area contributed by atoms with Crippen molar-refractivity contribution >= 4 is 15.7 Å². The average Bonchev–Trinajstić information content (AvgIpc) is 2.68. The van der Waals surface area contributed by atoms with Crippen LogP contribution in [-0.2, 0) is 22.8 Å². The van der Waals surface area contributed by atoms with Crippen molar-refractivity contribution in [2.24, 2.45) is 0 Å². The molecule has 3 rings (SSSR count). The molecule has 0 unspecified atom stereocenters. The largest absolute Gasteiger partial charge is 0.351 e. The number of sulfone groups is 1. The number of benzene rings is 1. The minimum atomic E-state index is -3.36. The highest BCUT2D eigenvalue weighted by molar-refractivity contribution is 7.90. The second-order valence-corrected chi connectivity index (χ2v) is 7.66. The van der Waals surface area contributed by atoms with Crippen molar-refractivity contribution in [2.75, 3.05) is 17.7 Å². The van der Waals surface area contributed by atoms with Crippen LogP contribution in [0.1, 0.15) is 23.4 Å². The Labute approximate surface area is 130 Å². The standard InChI is InChI=1S/C16H19N3O2S/c1-12-17-10-15(22(2,20)21)16(18-12)19-9-5-8-13-6-3-4-7-14(13)11-19/h3-4,6-7,10H,5,8-9,11H2,1-2H3. The SMILES string of the molecule is Cc1ncc(S(C)(=O)=O)c(N2CCCc3ccccc3C2)n1. The molecule has 1 aromatic carbocycles. The third kappa shape index (κ3) is 2.97. The monoisotopic (exact) mass is 317 g/mol. The second kappa shape index (κ2) is 5.68. The van der Waals surface area contributed by atoms with E-state index in [1.165, 1.54) is 23.6 Å². The maximum Gasteiger partial charge on any atom is 0.180 e. The normalized spacial score (nSPS) is 15.3. The fourth-order valence-electron chi connectivity index (χ4n) is 2.82. The van der Waals surface area contributed by atoms with Gasteiger partial charge in [-0.25, -0.2) is 18.4 Å². The summed E-state index contributed by atoms with van der Waals surface area (Å²) in [6, 6.07) is 8.31. The highest BCUT2D eigenvalue weighted by Gasteiger charge is 2.23. The van der Waals surface area contributed by atoms with Gasteiger partial charge in [0.1, 0.15) is 10.7 Å². The molecule has 2 aromatic rings. The number of nitrogens with zero attached hydrogens (tertiary/aromatic N) is 3. The van der Waals surface area contributed by atoms with Crippen LogP contribution >= 0.6 is 0 Å². The Kier molecular flexibility index (Phi) is 3.87. The van der Waals surface area contributed by atoms with Crippen LogP contribution in [0.25, 0.3) is 0 Å². The highest BCUT2D eigenvalue weighted by atomic mass is 32.2. The van der Waals surface area contributed by atoms with Gasteiger partial charge >= 0.3 is 0 Å². The lowest BCUT2D eigenvalue weighted by atomic mass is 10.0. The van der Waals surface area contributed by atoms with Crippen molar-refractivity contribution in [1.29, 1.82) is 0 Å². The molecule has 1 aliphatic rings. The number of rotatable bonds is 2. The van der Waals surface area contributed by atoms with E-state index in [9.17, 15) is 8.42 Å². The van der Waals surface area contributed by atoms with Crippen LogP contribution in [0.2, 0.25) is 0 Å². The first-order valence-corrected chi connectivity index (χ1v) is 9.20. The quantitative estimate of drug-likeness (QED) is 0.849. The fourth-order valence-corrected chi connectivity index (χ4v) is 3.57. The predicted molar refractivity (Wildman–Crippen MR) is 85.7 cm³/mol. The Morgan fingerprint density at radius 3 is 2.64 bits per heavy atom. The Hall–Kier alpha value is -1.95. The summed E-state index contributed by atoms with van der Waals surface area (Å²) in [6.45, 7) is 3.24. The van der Waals surface area contributed by atoms with Gasteiger partial charge in [0.2, 0.25) is 0 Å². The first-order valence-electron chi connectivity index (χ1n) is 7.30. The first-order chi connectivity index (χ1) is 10.4. The zero-order chi connectivity index (χ0) is 15.7. The molecule has 0 aliphatic carbocycles. The Morgan fingerprint density at radius 1 is 1.18 bits per heavy atom. The van der Waals surface area contributed by atoms with Crippen molar-refractivity contribution in [1.82, 2.24) is 9.97 Å². The summed E-state index contributed by atoms with van der Waals surface area (Å²) in [4.78, 5) is 10.7. The molecule has 0 saturated carbocycles. The van der Waals surface area contributed by atoms with Gasteiger partial charge in [-0.1, -0.05) is 24.3 Å². The van der Waals surface area contributed by atoms with Gasteiger partial charge in [0.05, 0.1) is 6.20 Å². The smallest absolute Gasteiger partial charge is 0.180 e. The highest BCUT2D eigenvalue weighted by Crippen LogP contribution is 2.27. The lowest BCUT2D eigenvalue weighted by Gasteiger charge is -2.24. The number of hydrogen-bond donors (Lipinski definition) is 0. The van der Waals surface area contributed by atoms with Crippen molar-refractivity contribution in [2.45, 2.75) is 31.2 Å². The molecule has 2 heterocycles. The number of aromatic nitrogens is 2. The van der Waals surface area contributed by atoms with E-state index < -0.39 is 9.84 Å². The Balaban J connectivity index is 2.06. The summed E-state index contributed by atoms with van der Waals surface area (Å²) in [7, 11) is -3.36. The molecule has 0 radical (unpaired) electrons. The van der Waals surface area contributed by atoms with E-state index in [1.54, 1.807) is 6.92 Å². The minimum absolute atomic E-state index is 0.206. The number of fused-ring (bicyclic) bond motifs is 1. The lowest BCUT2D eigenvalue weighted by molar-refractivity contribution is 0.599. The molecular formula is C16H19N3O2S. The number of anilines is 1. The van der Waals surface area contributed by atoms with Crippen molar-refractivity contribution in [3.63, 3.8) is 0 Å². The van der Waals surface area contributed by atoms with Crippen LogP contribution < -0.4 is 4.90 Å². The molecule has 1 aliphatic heterocycles. The maximum absolute atomic E-state index is 12.0. The zero-order valence-electron chi connectivity index (χ0n) is 12.8. The van der Waals surface area contributed by atoms with Crippen LogP contribution in [0.15, 0.2) is 35.4 Å². The second-order valence-electron chi connectivity index (χ2n) is 5.67. The first kappa shape index (κ1) is 15.0. The van der Waals surface area contributed by atoms with E-state index in [4.69, 9.17) is 0 Å². The summed E-state index contributed by atoms with van der Waals surface area (Å²) >= 11 is 0. The van der Waals surface area contributed by atoms with Gasteiger partial charge in [-0.15, -0.1) is 0 Å². The van der Waals surface area contributed by atoms with Crippen molar-refractivity contribution < 1.29 is 8.42 Å². The number of aryl methyl sites for hydroxylation is 2. The van der Waals surface area contributed by atoms with E-state index in [2.05, 4.69) is 27.0 Å². The van der Waals surface area contributed by atoms with Gasteiger partial charge < -0.3 is 4.90 Å². The van der Waals surface area contributed by atoms with Crippen LogP contribution in [0.4, 0.5) is 5.82 Å². The van der Waals surface area contributed by atoms with Crippen LogP contribution in [-0.4, -0.2) is 31.2 Å². The summed E-state index contributed by atoms with van der Waals surface area (Å²) < 4.78 is 24.1. The molecule has 0 fully saturated rings. The Bertz CT molecular complexity index is 803. The molecule has 116 valence electrons. The van der Waals surface area contributed by atoms with Crippen LogP contribution in [0, 0.1) is 6.92 Å². The molecule has 0 atom stereocenters. The number of hydrogen-bond acceptors (Lipinski definition) is 5. The molecule has 0 saturated heterocycles. The van der Waals surface area contributed by atoms with E-state index in [0.717, 1.165) is 19.4 Å². The molecule has 5 nitrogen and oxygen atoms in total. The van der Waals surface area contributed by atoms with E-state index in [1.807, 2.05) is 12.1 Å². The van der Waals surface area contributed by atoms with Crippen LogP contribution in [0.3, 0.4) is 0 Å². The molecule has 0 spiro atoms. The molecule has 6 heteroatoms.